The highest BCUT2D eigenvalue weighted by Gasteiger charge is 2.43. The first-order chi connectivity index (χ1) is 11.0. The van der Waals surface area contributed by atoms with Gasteiger partial charge in [0.2, 0.25) is 5.95 Å². The zero-order chi connectivity index (χ0) is 16.4. The zero-order valence-electron chi connectivity index (χ0n) is 12.8. The molecule has 1 fully saturated rings. The summed E-state index contributed by atoms with van der Waals surface area (Å²) < 4.78 is 1.68. The van der Waals surface area contributed by atoms with E-state index in [0.717, 1.165) is 0 Å². The molecule has 0 aliphatic carbocycles. The van der Waals surface area contributed by atoms with E-state index in [1.807, 2.05) is 4.90 Å². The maximum atomic E-state index is 11.8. The monoisotopic (exact) mass is 317 g/mol. The Balaban J connectivity index is 1.82. The van der Waals surface area contributed by atoms with Crippen LogP contribution in [0, 0.1) is 0 Å². The molecule has 0 amide bonds. The number of carboxylic acid groups (broad SMARTS) is 1. The Morgan fingerprint density at radius 1 is 1.39 bits per heavy atom. The Bertz CT molecular complexity index is 693. The van der Waals surface area contributed by atoms with Crippen molar-refractivity contribution >= 4 is 23.6 Å². The first-order valence-electron chi connectivity index (χ1n) is 7.34. The highest BCUT2D eigenvalue weighted by molar-refractivity contribution is 5.77. The average Bonchev–Trinajstić information content (AvgIpc) is 3.09. The van der Waals surface area contributed by atoms with Crippen molar-refractivity contribution in [3.8, 4) is 0 Å². The molecule has 1 aliphatic heterocycles. The second-order valence-electron chi connectivity index (χ2n) is 5.51. The predicted octanol–water partition coefficient (Wildman–Crippen LogP) is 0.377. The SMILES string of the molecule is CNc1cc(N2CCC(C(=O)O)(n3ccnc3)CC2)nc(N)n1. The van der Waals surface area contributed by atoms with E-state index in [4.69, 9.17) is 5.73 Å². The van der Waals surface area contributed by atoms with Gasteiger partial charge in [-0.25, -0.2) is 9.78 Å². The van der Waals surface area contributed by atoms with Gasteiger partial charge in [-0.05, 0) is 12.8 Å². The Kier molecular flexibility index (Phi) is 3.77. The summed E-state index contributed by atoms with van der Waals surface area (Å²) in [6.45, 7) is 1.12. The number of nitrogen functional groups attached to an aromatic ring is 1. The highest BCUT2D eigenvalue weighted by atomic mass is 16.4. The van der Waals surface area contributed by atoms with Crippen LogP contribution in [-0.2, 0) is 10.3 Å². The standard InChI is InChI=1S/C14H19N7O2/c1-16-10-8-11(19-13(15)18-10)20-5-2-14(3-6-20,12(22)23)21-7-4-17-9-21/h4,7-9H,2-3,5-6H2,1H3,(H,22,23)(H3,15,16,18,19). The van der Waals surface area contributed by atoms with E-state index in [0.29, 0.717) is 37.6 Å². The van der Waals surface area contributed by atoms with Crippen LogP contribution in [0.3, 0.4) is 0 Å². The third-order valence-electron chi connectivity index (χ3n) is 4.30. The largest absolute Gasteiger partial charge is 0.479 e. The van der Waals surface area contributed by atoms with Gasteiger partial charge in [-0.3, -0.25) is 0 Å². The van der Waals surface area contributed by atoms with Crippen molar-refractivity contribution in [1.82, 2.24) is 19.5 Å². The lowest BCUT2D eigenvalue weighted by atomic mass is 9.87. The lowest BCUT2D eigenvalue weighted by molar-refractivity contribution is -0.148. The Hall–Kier alpha value is -2.84. The molecule has 1 aliphatic rings. The van der Waals surface area contributed by atoms with Crippen LogP contribution in [0.25, 0.3) is 0 Å². The molecule has 0 radical (unpaired) electrons. The molecule has 2 aromatic heterocycles. The third-order valence-corrected chi connectivity index (χ3v) is 4.30. The number of imidazole rings is 1. The van der Waals surface area contributed by atoms with Gasteiger partial charge >= 0.3 is 5.97 Å². The fraction of sp³-hybridized carbons (Fsp3) is 0.429. The number of nitrogens with two attached hydrogens (primary N) is 1. The fourth-order valence-electron chi connectivity index (χ4n) is 2.94. The molecule has 0 atom stereocenters. The smallest absolute Gasteiger partial charge is 0.330 e. The van der Waals surface area contributed by atoms with Crippen LogP contribution < -0.4 is 16.0 Å². The van der Waals surface area contributed by atoms with Gasteiger partial charge in [-0.1, -0.05) is 0 Å². The number of rotatable bonds is 4. The molecule has 0 bridgehead atoms. The molecule has 122 valence electrons. The summed E-state index contributed by atoms with van der Waals surface area (Å²) in [4.78, 5) is 26.2. The van der Waals surface area contributed by atoms with Crippen molar-refractivity contribution in [1.29, 1.82) is 0 Å². The number of carboxylic acids is 1. The van der Waals surface area contributed by atoms with E-state index in [9.17, 15) is 9.90 Å². The predicted molar refractivity (Wildman–Crippen MR) is 85.3 cm³/mol. The minimum Gasteiger partial charge on any atom is -0.479 e. The number of nitrogens with one attached hydrogen (secondary N) is 1. The highest BCUT2D eigenvalue weighted by Crippen LogP contribution is 2.32. The van der Waals surface area contributed by atoms with E-state index < -0.39 is 11.5 Å². The van der Waals surface area contributed by atoms with Crippen LogP contribution in [0.2, 0.25) is 0 Å². The molecular formula is C14H19N7O2. The molecular weight excluding hydrogens is 298 g/mol. The molecule has 2 aromatic rings. The second-order valence-corrected chi connectivity index (χ2v) is 5.51. The molecule has 23 heavy (non-hydrogen) atoms. The van der Waals surface area contributed by atoms with E-state index in [1.165, 1.54) is 0 Å². The topological polar surface area (TPSA) is 122 Å². The van der Waals surface area contributed by atoms with Crippen LogP contribution in [-0.4, -0.2) is 50.7 Å². The van der Waals surface area contributed by atoms with E-state index in [2.05, 4.69) is 20.3 Å². The summed E-state index contributed by atoms with van der Waals surface area (Å²) in [5.74, 6) is 0.688. The number of aliphatic carboxylic acids is 1. The number of anilines is 3. The Morgan fingerprint density at radius 3 is 2.70 bits per heavy atom. The van der Waals surface area contributed by atoms with E-state index in [1.54, 1.807) is 36.4 Å². The van der Waals surface area contributed by atoms with Crippen LogP contribution in [0.15, 0.2) is 24.8 Å². The quantitative estimate of drug-likeness (QED) is 0.739. The number of nitrogens with zero attached hydrogens (tertiary/aromatic N) is 5. The fourth-order valence-corrected chi connectivity index (χ4v) is 2.94. The number of hydrogen-bond acceptors (Lipinski definition) is 7. The molecule has 1 saturated heterocycles. The van der Waals surface area contributed by atoms with Gasteiger partial charge in [0.1, 0.15) is 17.2 Å². The average molecular weight is 317 g/mol. The number of aromatic nitrogens is 4. The molecule has 3 rings (SSSR count). The normalized spacial score (nSPS) is 17.0. The van der Waals surface area contributed by atoms with Crippen molar-refractivity contribution in [3.63, 3.8) is 0 Å². The maximum absolute atomic E-state index is 11.8. The van der Waals surface area contributed by atoms with Crippen LogP contribution in [0.5, 0.6) is 0 Å². The van der Waals surface area contributed by atoms with Crippen molar-refractivity contribution in [2.75, 3.05) is 36.1 Å². The molecule has 4 N–H and O–H groups in total. The number of piperidine rings is 1. The Morgan fingerprint density at radius 2 is 2.13 bits per heavy atom. The molecule has 0 spiro atoms. The molecule has 9 heteroatoms. The summed E-state index contributed by atoms with van der Waals surface area (Å²) >= 11 is 0. The van der Waals surface area contributed by atoms with Crippen molar-refractivity contribution in [2.24, 2.45) is 0 Å². The summed E-state index contributed by atoms with van der Waals surface area (Å²) in [6, 6.07) is 1.81. The number of carbonyl (C=O) groups is 1. The minimum atomic E-state index is -0.961. The van der Waals surface area contributed by atoms with Gasteiger partial charge in [0.05, 0.1) is 6.33 Å². The zero-order valence-corrected chi connectivity index (χ0v) is 12.8. The summed E-state index contributed by atoms with van der Waals surface area (Å²) in [5, 5.41) is 12.7. The lowest BCUT2D eigenvalue weighted by Crippen LogP contribution is -2.51. The molecule has 9 nitrogen and oxygen atoms in total. The van der Waals surface area contributed by atoms with E-state index >= 15 is 0 Å². The van der Waals surface area contributed by atoms with Crippen molar-refractivity contribution < 1.29 is 9.90 Å². The van der Waals surface area contributed by atoms with Gasteiger partial charge in [0, 0.05) is 38.6 Å². The third kappa shape index (κ3) is 2.65. The summed E-state index contributed by atoms with van der Waals surface area (Å²) in [7, 11) is 1.76. The first-order valence-corrected chi connectivity index (χ1v) is 7.34. The van der Waals surface area contributed by atoms with Gasteiger partial charge in [-0.2, -0.15) is 9.97 Å². The molecule has 0 unspecified atom stereocenters. The van der Waals surface area contributed by atoms with E-state index in [-0.39, 0.29) is 5.95 Å². The van der Waals surface area contributed by atoms with Crippen LogP contribution in [0.1, 0.15) is 12.8 Å². The van der Waals surface area contributed by atoms with Gasteiger partial charge in [0.15, 0.2) is 0 Å². The maximum Gasteiger partial charge on any atom is 0.330 e. The van der Waals surface area contributed by atoms with Crippen LogP contribution in [0.4, 0.5) is 17.6 Å². The molecule has 0 saturated carbocycles. The number of hydrogen-bond donors (Lipinski definition) is 3. The summed E-state index contributed by atoms with van der Waals surface area (Å²) in [5.41, 5.74) is 4.76. The minimum absolute atomic E-state index is 0.191. The Labute approximate surface area is 133 Å². The van der Waals surface area contributed by atoms with Crippen molar-refractivity contribution in [3.05, 3.63) is 24.8 Å². The van der Waals surface area contributed by atoms with Gasteiger partial charge in [0.25, 0.3) is 0 Å². The lowest BCUT2D eigenvalue weighted by Gasteiger charge is -2.40. The van der Waals surface area contributed by atoms with Gasteiger partial charge in [-0.15, -0.1) is 0 Å². The first kappa shape index (κ1) is 15.1. The molecule has 0 aromatic carbocycles. The van der Waals surface area contributed by atoms with Crippen molar-refractivity contribution in [2.45, 2.75) is 18.4 Å². The second kappa shape index (κ2) is 5.75. The van der Waals surface area contributed by atoms with Gasteiger partial charge < -0.3 is 25.6 Å². The summed E-state index contributed by atoms with van der Waals surface area (Å²) in [6.07, 6.45) is 5.77. The van der Waals surface area contributed by atoms with Crippen LogP contribution >= 0.6 is 0 Å². The molecule has 3 heterocycles.